The Hall–Kier alpha value is -9.63. The second-order valence-corrected chi connectivity index (χ2v) is 30.2. The van der Waals surface area contributed by atoms with E-state index in [1.54, 1.807) is 167 Å². The second kappa shape index (κ2) is 45.7. The minimum absolute atomic E-state index is 0. The molecule has 4 rings (SSSR count). The average molecular weight is 1520 g/mol. The summed E-state index contributed by atoms with van der Waals surface area (Å²) in [5, 5.41) is 36.9. The van der Waals surface area contributed by atoms with Crippen molar-refractivity contribution in [2.24, 2.45) is 12.8 Å². The highest BCUT2D eigenvalue weighted by molar-refractivity contribution is 5.88. The minimum atomic E-state index is -1.44. The summed E-state index contributed by atoms with van der Waals surface area (Å²) in [6.07, 6.45) is 13.4. The minimum Gasteiger partial charge on any atom is -0.481 e. The fourth-order valence-corrected chi connectivity index (χ4v) is 8.59. The van der Waals surface area contributed by atoms with Crippen molar-refractivity contribution in [3.05, 3.63) is 97.6 Å². The average Bonchev–Trinajstić information content (AvgIpc) is 1.60. The lowest BCUT2D eigenvalue weighted by Crippen LogP contribution is -2.51. The summed E-state index contributed by atoms with van der Waals surface area (Å²) in [6.45, 7) is 33.5. The van der Waals surface area contributed by atoms with Crippen molar-refractivity contribution in [2.75, 3.05) is 6.54 Å². The van der Waals surface area contributed by atoms with E-state index in [1.165, 1.54) is 27.9 Å². The lowest BCUT2D eigenvalue weighted by atomic mass is 10.1. The van der Waals surface area contributed by atoms with Crippen LogP contribution in [0.3, 0.4) is 0 Å². The number of aliphatic carboxylic acids is 3. The maximum atomic E-state index is 12.4. The first kappa shape index (κ1) is 96.4. The van der Waals surface area contributed by atoms with Gasteiger partial charge in [0.15, 0.2) is 0 Å². The molecule has 0 aliphatic carbocycles. The first-order chi connectivity index (χ1) is 48.3. The summed E-state index contributed by atoms with van der Waals surface area (Å²) in [5.41, 5.74) is 3.72. The van der Waals surface area contributed by atoms with E-state index >= 15 is 0 Å². The molecule has 4 aromatic rings. The van der Waals surface area contributed by atoms with Gasteiger partial charge in [-0.15, -0.1) is 12.4 Å². The van der Waals surface area contributed by atoms with Crippen LogP contribution in [0.1, 0.15) is 207 Å². The Balaban J connectivity index is 0.00000142. The van der Waals surface area contributed by atoms with Crippen LogP contribution in [0.25, 0.3) is 0 Å². The molecule has 0 unspecified atom stereocenters. The number of ether oxygens (including phenoxy) is 6. The number of rotatable bonds is 30. The number of hydrogen-bond acceptors (Lipinski definition) is 23. The number of unbranched alkanes of at least 4 members (excludes halogenated alkanes) is 1. The largest absolute Gasteiger partial charge is 0.481 e. The van der Waals surface area contributed by atoms with Crippen molar-refractivity contribution in [3.63, 3.8) is 0 Å². The lowest BCUT2D eigenvalue weighted by Gasteiger charge is -2.25. The van der Waals surface area contributed by atoms with Crippen molar-refractivity contribution in [1.29, 1.82) is 0 Å². The van der Waals surface area contributed by atoms with Crippen LogP contribution in [0.4, 0.5) is 14.4 Å². The Kier molecular flexibility index (Phi) is 41.5. The maximum absolute atomic E-state index is 12.4. The molecular formula is C72H114ClN12O21+. The van der Waals surface area contributed by atoms with Crippen LogP contribution in [-0.2, 0) is 91.7 Å². The number of aryl methyl sites for hydroxylation is 1. The topological polar surface area (TPSA) is 451 Å². The van der Waals surface area contributed by atoms with E-state index in [2.05, 4.69) is 41.1 Å². The number of urea groups is 1. The van der Waals surface area contributed by atoms with Gasteiger partial charge in [0, 0.05) is 63.6 Å². The molecule has 0 aliphatic heterocycles. The number of imidazole rings is 2. The van der Waals surface area contributed by atoms with Gasteiger partial charge in [0.1, 0.15) is 82.5 Å². The van der Waals surface area contributed by atoms with E-state index in [-0.39, 0.29) is 69.7 Å². The SMILES string of the molecule is CC(C)(C)OC(=O)CC[C@H](N)C(=O)OC(C)(C)C.CC(C)(C)OC(=O)CC[C@H](NC(=O)n1ccnc1)C(=O)OC(C)(C)C.C[n+]1ccn(C(=O)N[C@@H](CCC(=O)OC(C)(C)C)C(=O)OC(C)(C)C)c1.Cl.O=C(O)CC[C@H](NC(=O)N[C@@H](CCCCN(Cc1ccccn1)Cc1ccccn1)C(=O)O)C(=O)O. The van der Waals surface area contributed by atoms with Gasteiger partial charge in [0.2, 0.25) is 0 Å². The molecule has 4 heterocycles. The number of carboxylic acids is 3. The Morgan fingerprint density at radius 1 is 0.481 bits per heavy atom. The van der Waals surface area contributed by atoms with Crippen molar-refractivity contribution in [3.8, 4) is 0 Å². The number of hydrogen-bond donors (Lipinski definition) is 8. The first-order valence-electron chi connectivity index (χ1n) is 34.3. The van der Waals surface area contributed by atoms with Crippen LogP contribution in [0.2, 0.25) is 0 Å². The molecule has 0 saturated heterocycles. The zero-order valence-corrected chi connectivity index (χ0v) is 65.5. The van der Waals surface area contributed by atoms with Gasteiger partial charge in [-0.2, -0.15) is 4.57 Å². The number of nitrogens with zero attached hydrogens (tertiary/aromatic N) is 7. The fraction of sp³-hybridized carbons (Fsp3) is 0.611. The van der Waals surface area contributed by atoms with Crippen LogP contribution in [0.15, 0.2) is 86.2 Å². The molecule has 4 aromatic heterocycles. The third-order valence-electron chi connectivity index (χ3n) is 12.9. The zero-order valence-electron chi connectivity index (χ0n) is 64.7. The van der Waals surface area contributed by atoms with Crippen LogP contribution in [0.5, 0.6) is 0 Å². The normalized spacial score (nSPS) is 12.9. The molecule has 106 heavy (non-hydrogen) atoms. The van der Waals surface area contributed by atoms with E-state index in [4.69, 9.17) is 44.4 Å². The smallest absolute Gasteiger partial charge is 0.413 e. The number of nitrogens with two attached hydrogens (primary N) is 1. The first-order valence-corrected chi connectivity index (χ1v) is 34.3. The van der Waals surface area contributed by atoms with Crippen LogP contribution < -0.4 is 31.6 Å². The van der Waals surface area contributed by atoms with Crippen LogP contribution >= 0.6 is 12.4 Å². The van der Waals surface area contributed by atoms with Gasteiger partial charge in [-0.25, -0.2) is 43.1 Å². The predicted molar refractivity (Wildman–Crippen MR) is 389 cm³/mol. The van der Waals surface area contributed by atoms with E-state index in [9.17, 15) is 62.6 Å². The van der Waals surface area contributed by atoms with Crippen molar-refractivity contribution >= 4 is 84.2 Å². The molecule has 0 spiro atoms. The fourth-order valence-electron chi connectivity index (χ4n) is 8.59. The van der Waals surface area contributed by atoms with E-state index < -0.39 is 136 Å². The summed E-state index contributed by atoms with van der Waals surface area (Å²) in [6, 6.07) is 3.97. The number of carboxylic acid groups (broad SMARTS) is 3. The van der Waals surface area contributed by atoms with E-state index in [0.29, 0.717) is 32.5 Å². The monoisotopic (exact) mass is 1520 g/mol. The molecule has 34 heteroatoms. The third kappa shape index (κ3) is 47.7. The van der Waals surface area contributed by atoms with Gasteiger partial charge >= 0.3 is 71.8 Å². The molecular weight excluding hydrogens is 1400 g/mol. The molecule has 0 aromatic carbocycles. The number of carbonyl (C=O) groups is 12. The van der Waals surface area contributed by atoms with Crippen LogP contribution in [-0.4, -0.2) is 186 Å². The molecule has 594 valence electrons. The molecule has 5 atom stereocenters. The number of amides is 4. The molecule has 9 N–H and O–H groups in total. The van der Waals surface area contributed by atoms with Crippen molar-refractivity contribution < 1.29 is 106 Å². The third-order valence-corrected chi connectivity index (χ3v) is 12.9. The number of halogens is 1. The van der Waals surface area contributed by atoms with Crippen molar-refractivity contribution in [1.82, 2.24) is 50.3 Å². The van der Waals surface area contributed by atoms with Gasteiger partial charge in [0.25, 0.3) is 6.33 Å². The predicted octanol–water partition coefficient (Wildman–Crippen LogP) is 7.89. The van der Waals surface area contributed by atoms with E-state index in [1.807, 2.05) is 36.4 Å². The lowest BCUT2D eigenvalue weighted by molar-refractivity contribution is -0.670. The highest BCUT2D eigenvalue weighted by Crippen LogP contribution is 2.18. The number of nitrogens with one attached hydrogen (secondary N) is 4. The number of esters is 6. The van der Waals surface area contributed by atoms with Gasteiger partial charge in [-0.1, -0.05) is 12.1 Å². The number of pyridine rings is 2. The summed E-state index contributed by atoms with van der Waals surface area (Å²) in [5.74, 6) is -6.79. The highest BCUT2D eigenvalue weighted by atomic mass is 35.5. The molecule has 0 fully saturated rings. The quantitative estimate of drug-likeness (QED) is 0.0106. The van der Waals surface area contributed by atoms with Crippen LogP contribution in [0, 0.1) is 0 Å². The second-order valence-electron chi connectivity index (χ2n) is 30.2. The highest BCUT2D eigenvalue weighted by Gasteiger charge is 2.33. The summed E-state index contributed by atoms with van der Waals surface area (Å²) in [4.78, 5) is 156. The number of carbonyl (C=O) groups excluding carboxylic acids is 9. The molecule has 4 amide bonds. The Labute approximate surface area is 626 Å². The summed E-state index contributed by atoms with van der Waals surface area (Å²) < 4.78 is 35.6. The standard InChI is InChI=1S/C24H31N5O7.C18H29N3O5.C17H27N3O5.C13H25NO4.ClH/c30-21(31)11-10-20(23(34)35)28-24(36)27-19(22(32)33)9-3-6-14-29(15-17-7-1-4-12-25-17)16-18-8-2-5-13-26-18;1-17(2,3)25-14(22)9-8-13(15(23)26-18(4,5)6)19-16(24)21-11-10-20(7)12-21;1-16(2,3)24-13(21)8-7-12(14(22)25-17(4,5)6)19-15(23)20-10-9-18-11-20;1-12(2,3)17-10(15)8-7-9(14)11(16)18-13(4,5)6;/h1-2,4-5,7-8,12-13,19-20H,3,6,9-11,14-16H2,(H,30,31)(H,32,33)(H,34,35)(H2,27,28,36);10-13H,8-9H2,1-7H3;9-12H,7-8H2,1-6H3,(H,19,23);9H,7-8,14H2,1-6H3;1H/p+1/t19-,20-;13-;12-;9-;/m0000./s1. The molecule has 33 nitrogen and oxygen atoms in total. The molecule has 0 bridgehead atoms. The van der Waals surface area contributed by atoms with Gasteiger partial charge in [0.05, 0.1) is 18.4 Å². The van der Waals surface area contributed by atoms with Gasteiger partial charge in [-0.3, -0.25) is 43.4 Å². The van der Waals surface area contributed by atoms with Gasteiger partial charge in [-0.05, 0) is 200 Å². The maximum Gasteiger partial charge on any atom is 0.413 e. The molecule has 0 aliphatic rings. The zero-order chi connectivity index (χ0) is 80.3. The number of aromatic nitrogens is 6. The Morgan fingerprint density at radius 2 is 0.868 bits per heavy atom. The Bertz CT molecular complexity index is 3360. The van der Waals surface area contributed by atoms with E-state index in [0.717, 1.165) is 11.4 Å². The van der Waals surface area contributed by atoms with Crippen molar-refractivity contribution in [2.45, 2.75) is 272 Å². The summed E-state index contributed by atoms with van der Waals surface area (Å²) >= 11 is 0. The van der Waals surface area contributed by atoms with Gasteiger partial charge < -0.3 is 70.7 Å². The summed E-state index contributed by atoms with van der Waals surface area (Å²) in [7, 11) is 1.78. The molecule has 0 saturated carbocycles. The Morgan fingerprint density at radius 3 is 1.22 bits per heavy atom. The molecule has 0 radical (unpaired) electrons.